The summed E-state index contributed by atoms with van der Waals surface area (Å²) in [5.74, 6) is 0. The molecule has 0 aliphatic rings. The molecule has 5 heteroatoms. The Balaban J connectivity index is 2.06. The van der Waals surface area contributed by atoms with Gasteiger partial charge in [-0.15, -0.1) is 0 Å². The predicted molar refractivity (Wildman–Crippen MR) is 96.1 cm³/mol. The molecule has 0 spiro atoms. The minimum absolute atomic E-state index is 0.207. The number of para-hydroxylation sites is 1. The van der Waals surface area contributed by atoms with Crippen molar-refractivity contribution in [2.75, 3.05) is 0 Å². The van der Waals surface area contributed by atoms with Crippen molar-refractivity contribution < 1.29 is 8.83 Å². The number of rotatable bonds is 0. The first kappa shape index (κ1) is 13.9. The Morgan fingerprint density at radius 3 is 2.48 bits per heavy atom. The maximum absolute atomic E-state index is 12.8. The third-order valence-electron chi connectivity index (χ3n) is 4.38. The summed E-state index contributed by atoms with van der Waals surface area (Å²) in [7, 11) is 0. The van der Waals surface area contributed by atoms with E-state index in [1.165, 1.54) is 6.07 Å². The van der Waals surface area contributed by atoms with Crippen molar-refractivity contribution in [3.8, 4) is 0 Å². The van der Waals surface area contributed by atoms with Crippen LogP contribution in [-0.4, -0.2) is 4.98 Å². The Kier molecular flexibility index (Phi) is 2.65. The zero-order valence-corrected chi connectivity index (χ0v) is 13.2. The molecule has 3 aromatic heterocycles. The Morgan fingerprint density at radius 1 is 0.800 bits per heavy atom. The molecule has 5 aromatic rings. The van der Waals surface area contributed by atoms with Gasteiger partial charge in [-0.05, 0) is 37.3 Å². The van der Waals surface area contributed by atoms with Crippen LogP contribution < -0.4 is 11.1 Å². The van der Waals surface area contributed by atoms with Gasteiger partial charge >= 0.3 is 5.63 Å². The number of fused-ring (bicyclic) bond motifs is 5. The van der Waals surface area contributed by atoms with Crippen LogP contribution in [0.4, 0.5) is 0 Å². The van der Waals surface area contributed by atoms with Crippen LogP contribution in [0.5, 0.6) is 0 Å². The Labute approximate surface area is 140 Å². The number of pyridine rings is 1. The number of aromatic nitrogens is 1. The highest BCUT2D eigenvalue weighted by atomic mass is 16.4. The molecule has 3 heterocycles. The smallest absolute Gasteiger partial charge is 0.345 e. The van der Waals surface area contributed by atoms with E-state index in [-0.39, 0.29) is 21.9 Å². The lowest BCUT2D eigenvalue weighted by Gasteiger charge is -2.05. The van der Waals surface area contributed by atoms with E-state index >= 15 is 0 Å². The van der Waals surface area contributed by atoms with Gasteiger partial charge in [-0.3, -0.25) is 4.79 Å². The predicted octanol–water partition coefficient (Wildman–Crippen LogP) is 3.91. The summed E-state index contributed by atoms with van der Waals surface area (Å²) < 4.78 is 11.2. The van der Waals surface area contributed by atoms with Crippen molar-refractivity contribution in [2.24, 2.45) is 0 Å². The van der Waals surface area contributed by atoms with E-state index in [0.717, 1.165) is 5.56 Å². The highest BCUT2D eigenvalue weighted by molar-refractivity contribution is 6.05. The van der Waals surface area contributed by atoms with Gasteiger partial charge in [0.05, 0.1) is 21.7 Å². The number of aryl methyl sites for hydroxylation is 1. The van der Waals surface area contributed by atoms with Crippen LogP contribution in [0.2, 0.25) is 0 Å². The molecule has 25 heavy (non-hydrogen) atoms. The van der Waals surface area contributed by atoms with Crippen LogP contribution in [0.25, 0.3) is 43.9 Å². The third kappa shape index (κ3) is 1.92. The molecule has 0 bridgehead atoms. The van der Waals surface area contributed by atoms with E-state index in [2.05, 4.69) is 4.98 Å². The lowest BCUT2D eigenvalue weighted by atomic mass is 10.1. The average Bonchev–Trinajstić information content (AvgIpc) is 2.62. The molecule has 120 valence electrons. The highest BCUT2D eigenvalue weighted by Crippen LogP contribution is 2.25. The number of benzene rings is 2. The summed E-state index contributed by atoms with van der Waals surface area (Å²) in [6, 6.07) is 14.1. The Hall–Kier alpha value is -3.47. The minimum Gasteiger partial charge on any atom is -0.437 e. The van der Waals surface area contributed by atoms with Crippen molar-refractivity contribution >= 4 is 43.9 Å². The molecule has 5 rings (SSSR count). The molecular weight excluding hydrogens is 318 g/mol. The van der Waals surface area contributed by atoms with E-state index in [1.807, 2.05) is 25.1 Å². The van der Waals surface area contributed by atoms with E-state index < -0.39 is 5.63 Å². The summed E-state index contributed by atoms with van der Waals surface area (Å²) >= 11 is 0. The molecule has 0 fully saturated rings. The zero-order valence-electron chi connectivity index (χ0n) is 13.2. The van der Waals surface area contributed by atoms with E-state index in [4.69, 9.17) is 8.83 Å². The molecule has 0 radical (unpaired) electrons. The molecule has 0 unspecified atom stereocenters. The van der Waals surface area contributed by atoms with Gasteiger partial charge in [-0.2, -0.15) is 0 Å². The quantitative estimate of drug-likeness (QED) is 0.245. The van der Waals surface area contributed by atoms with Crippen molar-refractivity contribution in [1.29, 1.82) is 0 Å². The Bertz CT molecular complexity index is 1440. The lowest BCUT2D eigenvalue weighted by Crippen LogP contribution is -2.07. The fraction of sp³-hybridized carbons (Fsp3) is 0.0500. The average molecular weight is 329 g/mol. The maximum atomic E-state index is 12.8. The van der Waals surface area contributed by atoms with Gasteiger partial charge in [0.1, 0.15) is 11.2 Å². The van der Waals surface area contributed by atoms with Crippen molar-refractivity contribution in [1.82, 2.24) is 4.98 Å². The summed E-state index contributed by atoms with van der Waals surface area (Å²) in [5, 5.41) is 1.71. The molecule has 0 aliphatic carbocycles. The SMILES string of the molecule is Cc1ccc2oc3nc4c(cc3c(=O)c2c1)c(=O)oc1ccccc14. The second-order valence-electron chi connectivity index (χ2n) is 6.05. The monoisotopic (exact) mass is 329 g/mol. The normalized spacial score (nSPS) is 11.7. The van der Waals surface area contributed by atoms with Crippen LogP contribution in [0.1, 0.15) is 5.56 Å². The molecule has 0 saturated carbocycles. The third-order valence-corrected chi connectivity index (χ3v) is 4.38. The largest absolute Gasteiger partial charge is 0.437 e. The van der Waals surface area contributed by atoms with Crippen molar-refractivity contribution in [2.45, 2.75) is 6.92 Å². The molecule has 5 nitrogen and oxygen atoms in total. The summed E-state index contributed by atoms with van der Waals surface area (Å²) in [6.07, 6.45) is 0. The standard InChI is InChI=1S/C20H11NO4/c1-10-6-7-16-12(8-10)18(22)14-9-13-17(21-19(14)24-16)11-4-2-3-5-15(11)25-20(13)23/h2-9H,1H3. The molecule has 0 saturated heterocycles. The van der Waals surface area contributed by atoms with Gasteiger partial charge in [0, 0.05) is 5.39 Å². The van der Waals surface area contributed by atoms with Crippen molar-refractivity contribution in [3.63, 3.8) is 0 Å². The topological polar surface area (TPSA) is 73.3 Å². The second kappa shape index (κ2) is 4.77. The second-order valence-corrected chi connectivity index (χ2v) is 6.05. The highest BCUT2D eigenvalue weighted by Gasteiger charge is 2.14. The van der Waals surface area contributed by atoms with Gasteiger partial charge in [0.25, 0.3) is 0 Å². The maximum Gasteiger partial charge on any atom is 0.345 e. The summed E-state index contributed by atoms with van der Waals surface area (Å²) in [4.78, 5) is 29.6. The van der Waals surface area contributed by atoms with Gasteiger partial charge in [-0.25, -0.2) is 9.78 Å². The number of nitrogens with zero attached hydrogens (tertiary/aromatic N) is 1. The van der Waals surface area contributed by atoms with E-state index in [9.17, 15) is 9.59 Å². The minimum atomic E-state index is -0.521. The number of hydrogen-bond acceptors (Lipinski definition) is 5. The first-order chi connectivity index (χ1) is 12.1. The van der Waals surface area contributed by atoms with Gasteiger partial charge in [-0.1, -0.05) is 23.8 Å². The Morgan fingerprint density at radius 2 is 1.60 bits per heavy atom. The molecule has 0 aliphatic heterocycles. The number of hydrogen-bond donors (Lipinski definition) is 0. The molecular formula is C20H11NO4. The fourth-order valence-electron chi connectivity index (χ4n) is 3.16. The van der Waals surface area contributed by atoms with Gasteiger partial charge in [0.15, 0.2) is 0 Å². The first-order valence-electron chi connectivity index (χ1n) is 7.81. The summed E-state index contributed by atoms with van der Waals surface area (Å²) in [6.45, 7) is 1.91. The van der Waals surface area contributed by atoms with Crippen LogP contribution in [0.3, 0.4) is 0 Å². The van der Waals surface area contributed by atoms with Crippen LogP contribution >= 0.6 is 0 Å². The molecule has 0 atom stereocenters. The molecule has 0 amide bonds. The fourth-order valence-corrected chi connectivity index (χ4v) is 3.16. The van der Waals surface area contributed by atoms with Gasteiger partial charge in [0.2, 0.25) is 11.1 Å². The van der Waals surface area contributed by atoms with Gasteiger partial charge < -0.3 is 8.83 Å². The lowest BCUT2D eigenvalue weighted by molar-refractivity contribution is 0.569. The summed E-state index contributed by atoms with van der Waals surface area (Å²) in [5.41, 5.74) is 1.83. The van der Waals surface area contributed by atoms with Crippen LogP contribution in [0.15, 0.2) is 67.0 Å². The zero-order chi connectivity index (χ0) is 17.1. The molecule has 0 N–H and O–H groups in total. The van der Waals surface area contributed by atoms with Crippen molar-refractivity contribution in [3.05, 3.63) is 74.7 Å². The van der Waals surface area contributed by atoms with E-state index in [0.29, 0.717) is 27.5 Å². The molecule has 2 aromatic carbocycles. The first-order valence-corrected chi connectivity index (χ1v) is 7.81. The van der Waals surface area contributed by atoms with Crippen LogP contribution in [-0.2, 0) is 0 Å². The van der Waals surface area contributed by atoms with E-state index in [1.54, 1.807) is 24.3 Å². The van der Waals surface area contributed by atoms with Crippen LogP contribution in [0, 0.1) is 6.92 Å².